The minimum Gasteiger partial charge on any atom is -0.423 e. The van der Waals surface area contributed by atoms with Crippen LogP contribution >= 0.6 is 0 Å². The van der Waals surface area contributed by atoms with Crippen molar-refractivity contribution in [3.05, 3.63) is 108 Å². The molecule has 0 spiro atoms. The zero-order valence-corrected chi connectivity index (χ0v) is 18.3. The minimum atomic E-state index is -0.363. The van der Waals surface area contributed by atoms with Gasteiger partial charge in [0.2, 0.25) is 0 Å². The van der Waals surface area contributed by atoms with E-state index in [4.69, 9.17) is 9.72 Å². The molecule has 0 bridgehead atoms. The summed E-state index contributed by atoms with van der Waals surface area (Å²) in [7, 11) is 0. The van der Waals surface area contributed by atoms with Gasteiger partial charge in [0.05, 0.1) is 11.1 Å². The number of benzene rings is 4. The Morgan fingerprint density at radius 2 is 1.64 bits per heavy atom. The van der Waals surface area contributed by atoms with Crippen LogP contribution in [-0.2, 0) is 6.42 Å². The molecule has 5 aromatic rings. The van der Waals surface area contributed by atoms with Gasteiger partial charge in [0.25, 0.3) is 0 Å². The van der Waals surface area contributed by atoms with Crippen molar-refractivity contribution in [3.63, 3.8) is 0 Å². The van der Waals surface area contributed by atoms with Gasteiger partial charge in [-0.15, -0.1) is 0 Å². The first-order valence-corrected chi connectivity index (χ1v) is 11.1. The third-order valence-electron chi connectivity index (χ3n) is 6.24. The lowest BCUT2D eigenvalue weighted by Crippen LogP contribution is -2.15. The van der Waals surface area contributed by atoms with Gasteiger partial charge in [0, 0.05) is 17.6 Å². The van der Waals surface area contributed by atoms with Crippen molar-refractivity contribution in [2.45, 2.75) is 13.3 Å². The number of aromatic nitrogens is 1. The van der Waals surface area contributed by atoms with E-state index in [0.29, 0.717) is 11.3 Å². The maximum absolute atomic E-state index is 12.7. The summed E-state index contributed by atoms with van der Waals surface area (Å²) < 4.78 is 5.62. The monoisotopic (exact) mass is 430 g/mol. The van der Waals surface area contributed by atoms with Crippen molar-refractivity contribution >= 4 is 39.1 Å². The van der Waals surface area contributed by atoms with Gasteiger partial charge in [-0.3, -0.25) is 0 Å². The number of carbonyl (C=O) groups is 1. The van der Waals surface area contributed by atoms with Gasteiger partial charge in [0.15, 0.2) is 0 Å². The summed E-state index contributed by atoms with van der Waals surface area (Å²) in [6.45, 7) is 2.96. The highest BCUT2D eigenvalue weighted by molar-refractivity contribution is 5.93. The topological polar surface area (TPSA) is 42.4 Å². The van der Waals surface area contributed by atoms with Crippen LogP contribution < -0.4 is 9.64 Å². The van der Waals surface area contributed by atoms with E-state index in [1.165, 1.54) is 16.5 Å². The Balaban J connectivity index is 1.24. The van der Waals surface area contributed by atoms with Gasteiger partial charge >= 0.3 is 5.97 Å². The number of pyridine rings is 1. The number of nitrogens with zero attached hydrogens (tertiary/aromatic N) is 2. The Bertz CT molecular complexity index is 1520. The van der Waals surface area contributed by atoms with Crippen LogP contribution in [0, 0.1) is 6.92 Å². The maximum Gasteiger partial charge on any atom is 0.343 e. The molecule has 0 fully saturated rings. The molecule has 0 N–H and O–H groups in total. The second-order valence-corrected chi connectivity index (χ2v) is 8.51. The number of hydrogen-bond acceptors (Lipinski definition) is 4. The first-order valence-electron chi connectivity index (χ1n) is 11.1. The lowest BCUT2D eigenvalue weighted by Gasteiger charge is -2.19. The first-order chi connectivity index (χ1) is 16.1. The standard InChI is InChI=1S/C29H22N2O2/c1-19-6-7-23-17-24-14-15-31(28(24)30-27(23)16-19)25-11-8-21(9-12-25)29(32)33-26-13-10-20-4-2-3-5-22(20)18-26/h2-13,16-18H,14-15H2,1H3. The number of carbonyl (C=O) groups excluding carboxylic acids is 1. The molecule has 4 aromatic carbocycles. The summed E-state index contributed by atoms with van der Waals surface area (Å²) in [5, 5.41) is 3.33. The Labute approximate surface area is 192 Å². The average molecular weight is 431 g/mol. The molecule has 1 aliphatic rings. The fourth-order valence-electron chi connectivity index (χ4n) is 4.49. The van der Waals surface area contributed by atoms with E-state index < -0.39 is 0 Å². The highest BCUT2D eigenvalue weighted by Crippen LogP contribution is 2.35. The third-order valence-corrected chi connectivity index (χ3v) is 6.24. The summed E-state index contributed by atoms with van der Waals surface area (Å²) in [6.07, 6.45) is 0.956. The van der Waals surface area contributed by atoms with Crippen molar-refractivity contribution in [2.24, 2.45) is 0 Å². The average Bonchev–Trinajstić information content (AvgIpc) is 3.25. The van der Waals surface area contributed by atoms with Gasteiger partial charge in [-0.1, -0.05) is 42.5 Å². The molecule has 1 aliphatic heterocycles. The summed E-state index contributed by atoms with van der Waals surface area (Å²) in [6, 6.07) is 29.9. The van der Waals surface area contributed by atoms with Crippen molar-refractivity contribution in [1.29, 1.82) is 0 Å². The van der Waals surface area contributed by atoms with Gasteiger partial charge < -0.3 is 9.64 Å². The number of fused-ring (bicyclic) bond motifs is 3. The molecule has 6 rings (SSSR count). The Morgan fingerprint density at radius 1 is 0.848 bits per heavy atom. The van der Waals surface area contributed by atoms with Crippen LogP contribution in [0.3, 0.4) is 0 Å². The van der Waals surface area contributed by atoms with E-state index in [1.54, 1.807) is 0 Å². The molecule has 0 amide bonds. The molecule has 0 radical (unpaired) electrons. The number of aryl methyl sites for hydroxylation is 1. The summed E-state index contributed by atoms with van der Waals surface area (Å²) in [5.74, 6) is 1.18. The normalized spacial score (nSPS) is 12.8. The number of ether oxygens (including phenoxy) is 1. The van der Waals surface area contributed by atoms with E-state index in [1.807, 2.05) is 66.7 Å². The lowest BCUT2D eigenvalue weighted by molar-refractivity contribution is 0.0735. The van der Waals surface area contributed by atoms with E-state index in [9.17, 15) is 4.79 Å². The molecule has 2 heterocycles. The Kier molecular flexibility index (Phi) is 4.58. The summed E-state index contributed by atoms with van der Waals surface area (Å²) in [5.41, 5.74) is 5.01. The van der Waals surface area contributed by atoms with Crippen LogP contribution in [0.1, 0.15) is 21.5 Å². The largest absolute Gasteiger partial charge is 0.423 e. The predicted molar refractivity (Wildman–Crippen MR) is 133 cm³/mol. The zero-order chi connectivity index (χ0) is 22.4. The van der Waals surface area contributed by atoms with Gasteiger partial charge in [-0.2, -0.15) is 0 Å². The molecular formula is C29H22N2O2. The highest BCUT2D eigenvalue weighted by atomic mass is 16.5. The van der Waals surface area contributed by atoms with Crippen LogP contribution in [0.25, 0.3) is 21.7 Å². The molecule has 0 atom stereocenters. The number of rotatable bonds is 3. The van der Waals surface area contributed by atoms with Crippen molar-refractivity contribution in [1.82, 2.24) is 4.98 Å². The number of hydrogen-bond donors (Lipinski definition) is 0. The first kappa shape index (κ1) is 19.5. The molecule has 0 aliphatic carbocycles. The smallest absolute Gasteiger partial charge is 0.343 e. The summed E-state index contributed by atoms with van der Waals surface area (Å²) >= 11 is 0. The van der Waals surface area contributed by atoms with Gasteiger partial charge in [-0.05, 0) is 83.8 Å². The lowest BCUT2D eigenvalue weighted by atomic mass is 10.1. The number of anilines is 2. The Morgan fingerprint density at radius 3 is 2.48 bits per heavy atom. The zero-order valence-electron chi connectivity index (χ0n) is 18.3. The fourth-order valence-corrected chi connectivity index (χ4v) is 4.49. The van der Waals surface area contributed by atoms with E-state index in [0.717, 1.165) is 40.8 Å². The van der Waals surface area contributed by atoms with Crippen molar-refractivity contribution < 1.29 is 9.53 Å². The Hall–Kier alpha value is -4.18. The van der Waals surface area contributed by atoms with E-state index in [-0.39, 0.29) is 5.97 Å². The van der Waals surface area contributed by atoms with E-state index in [2.05, 4.69) is 36.1 Å². The minimum absolute atomic E-state index is 0.363. The molecule has 4 nitrogen and oxygen atoms in total. The molecule has 4 heteroatoms. The van der Waals surface area contributed by atoms with Crippen LogP contribution in [0.2, 0.25) is 0 Å². The second kappa shape index (κ2) is 7.75. The third kappa shape index (κ3) is 3.60. The van der Waals surface area contributed by atoms with Gasteiger partial charge in [0.1, 0.15) is 11.6 Å². The molecule has 1 aromatic heterocycles. The molecule has 160 valence electrons. The quantitative estimate of drug-likeness (QED) is 0.239. The van der Waals surface area contributed by atoms with Crippen LogP contribution in [-0.4, -0.2) is 17.5 Å². The molecule has 33 heavy (non-hydrogen) atoms. The van der Waals surface area contributed by atoms with E-state index >= 15 is 0 Å². The summed E-state index contributed by atoms with van der Waals surface area (Å²) in [4.78, 5) is 19.9. The SMILES string of the molecule is Cc1ccc2cc3c(nc2c1)N(c1ccc(C(=O)Oc2ccc4ccccc4c2)cc1)CC3. The predicted octanol–water partition coefficient (Wildman–Crippen LogP) is 6.61. The van der Waals surface area contributed by atoms with Crippen molar-refractivity contribution in [2.75, 3.05) is 11.4 Å². The second-order valence-electron chi connectivity index (χ2n) is 8.51. The molecule has 0 saturated carbocycles. The van der Waals surface area contributed by atoms with Crippen LogP contribution in [0.4, 0.5) is 11.5 Å². The van der Waals surface area contributed by atoms with Gasteiger partial charge in [-0.25, -0.2) is 9.78 Å². The number of esters is 1. The molecule has 0 unspecified atom stereocenters. The van der Waals surface area contributed by atoms with Crippen molar-refractivity contribution in [3.8, 4) is 5.75 Å². The van der Waals surface area contributed by atoms with Crippen LogP contribution in [0.15, 0.2) is 91.0 Å². The highest BCUT2D eigenvalue weighted by Gasteiger charge is 2.23. The fraction of sp³-hybridized carbons (Fsp3) is 0.103. The maximum atomic E-state index is 12.7. The van der Waals surface area contributed by atoms with Crippen LogP contribution in [0.5, 0.6) is 5.75 Å². The molecule has 0 saturated heterocycles. The molecular weight excluding hydrogens is 408 g/mol.